The normalized spacial score (nSPS) is 18.1. The van der Waals surface area contributed by atoms with Crippen molar-refractivity contribution in [2.24, 2.45) is 0 Å². The minimum absolute atomic E-state index is 0.106. The van der Waals surface area contributed by atoms with E-state index in [1.54, 1.807) is 17.5 Å². The zero-order valence-electron chi connectivity index (χ0n) is 13.8. The Hall–Kier alpha value is -1.66. The van der Waals surface area contributed by atoms with E-state index < -0.39 is 0 Å². The first-order valence-electron chi connectivity index (χ1n) is 8.79. The van der Waals surface area contributed by atoms with E-state index in [1.807, 2.05) is 15.6 Å². The van der Waals surface area contributed by atoms with Gasteiger partial charge in [-0.1, -0.05) is 0 Å². The molecule has 1 aliphatic heterocycles. The number of aryl methyl sites for hydroxylation is 2. The number of aliphatic hydroxyl groups excluding tert-OH is 1. The molecule has 3 heterocycles. The second-order valence-electron chi connectivity index (χ2n) is 6.68. The second kappa shape index (κ2) is 6.69. The Morgan fingerprint density at radius 2 is 2.17 bits per heavy atom. The van der Waals surface area contributed by atoms with E-state index in [-0.39, 0.29) is 12.5 Å². The smallest absolute Gasteiger partial charge is 0.263 e. The molecule has 24 heavy (non-hydrogen) atoms. The second-order valence-corrected chi connectivity index (χ2v) is 7.82. The van der Waals surface area contributed by atoms with E-state index in [0.29, 0.717) is 12.5 Å². The minimum atomic E-state index is 0.106. The van der Waals surface area contributed by atoms with Gasteiger partial charge in [0.05, 0.1) is 18.0 Å². The van der Waals surface area contributed by atoms with Gasteiger partial charge >= 0.3 is 0 Å². The molecule has 2 aromatic rings. The summed E-state index contributed by atoms with van der Waals surface area (Å²) in [5.41, 5.74) is 2.58. The molecule has 0 saturated carbocycles. The number of amides is 1. The largest absolute Gasteiger partial charge is 0.394 e. The summed E-state index contributed by atoms with van der Waals surface area (Å²) in [5.74, 6) is 0.633. The van der Waals surface area contributed by atoms with Crippen LogP contribution < -0.4 is 0 Å². The van der Waals surface area contributed by atoms with Gasteiger partial charge in [-0.15, -0.1) is 11.3 Å². The number of hydrogen-bond acceptors (Lipinski definition) is 4. The number of aliphatic hydroxyl groups is 1. The van der Waals surface area contributed by atoms with Crippen molar-refractivity contribution in [3.8, 4) is 0 Å². The predicted octanol–water partition coefficient (Wildman–Crippen LogP) is 2.45. The number of likely N-dealkylation sites (tertiary alicyclic amines) is 1. The predicted molar refractivity (Wildman–Crippen MR) is 93.5 cm³/mol. The molecule has 2 aliphatic rings. The Labute approximate surface area is 145 Å². The third kappa shape index (κ3) is 2.89. The lowest BCUT2D eigenvalue weighted by atomic mass is 9.93. The topological polar surface area (TPSA) is 58.4 Å². The average Bonchev–Trinajstić information content (AvgIpc) is 3.30. The Balaban J connectivity index is 1.40. The van der Waals surface area contributed by atoms with Gasteiger partial charge < -0.3 is 10.0 Å². The molecule has 1 saturated heterocycles. The molecule has 1 amide bonds. The van der Waals surface area contributed by atoms with Crippen LogP contribution in [0.2, 0.25) is 0 Å². The standard InChI is InChI=1S/C18H23N3O2S/c22-11-10-21-15(4-7-19-21)13-5-8-20(9-6-13)18(23)17-12-14-2-1-3-16(14)24-17/h4,7,12-13,22H,1-3,5-6,8-11H2. The third-order valence-corrected chi connectivity index (χ3v) is 6.44. The van der Waals surface area contributed by atoms with E-state index in [0.717, 1.165) is 43.6 Å². The Kier molecular flexibility index (Phi) is 4.41. The van der Waals surface area contributed by atoms with E-state index in [9.17, 15) is 4.79 Å². The SMILES string of the molecule is O=C(c1cc2c(s1)CCC2)N1CCC(c2ccnn2CCO)CC1. The van der Waals surface area contributed by atoms with Crippen LogP contribution in [0.1, 0.15) is 51.0 Å². The molecule has 2 aromatic heterocycles. The number of hydrogen-bond donors (Lipinski definition) is 1. The Bertz CT molecular complexity index is 707. The van der Waals surface area contributed by atoms with Gasteiger partial charge in [0.1, 0.15) is 0 Å². The van der Waals surface area contributed by atoms with Crippen LogP contribution in [0.5, 0.6) is 0 Å². The number of nitrogens with zero attached hydrogens (tertiary/aromatic N) is 3. The van der Waals surface area contributed by atoms with Crippen molar-refractivity contribution in [2.75, 3.05) is 19.7 Å². The number of piperidine rings is 1. The summed E-state index contributed by atoms with van der Waals surface area (Å²) >= 11 is 1.70. The van der Waals surface area contributed by atoms with Gasteiger partial charge in [-0.25, -0.2) is 0 Å². The first-order valence-corrected chi connectivity index (χ1v) is 9.61. The van der Waals surface area contributed by atoms with Gasteiger partial charge in [0.15, 0.2) is 0 Å². The van der Waals surface area contributed by atoms with Crippen LogP contribution in [-0.2, 0) is 19.4 Å². The molecular weight excluding hydrogens is 322 g/mol. The minimum Gasteiger partial charge on any atom is -0.394 e. The fraction of sp³-hybridized carbons (Fsp3) is 0.556. The van der Waals surface area contributed by atoms with Crippen LogP contribution in [0, 0.1) is 0 Å². The summed E-state index contributed by atoms with van der Waals surface area (Å²) in [6.45, 7) is 2.25. The summed E-state index contributed by atoms with van der Waals surface area (Å²) in [6, 6.07) is 4.17. The highest BCUT2D eigenvalue weighted by Gasteiger charge is 2.28. The van der Waals surface area contributed by atoms with E-state index in [4.69, 9.17) is 5.11 Å². The number of thiophene rings is 1. The molecule has 0 spiro atoms. The van der Waals surface area contributed by atoms with E-state index in [2.05, 4.69) is 11.2 Å². The number of carbonyl (C=O) groups is 1. The summed E-state index contributed by atoms with van der Waals surface area (Å²) in [5, 5.41) is 13.4. The van der Waals surface area contributed by atoms with Crippen LogP contribution in [-0.4, -0.2) is 45.4 Å². The lowest BCUT2D eigenvalue weighted by Crippen LogP contribution is -2.38. The number of aromatic nitrogens is 2. The van der Waals surface area contributed by atoms with Gasteiger partial charge in [-0.3, -0.25) is 9.48 Å². The lowest BCUT2D eigenvalue weighted by molar-refractivity contribution is 0.0716. The Morgan fingerprint density at radius 1 is 1.33 bits per heavy atom. The highest BCUT2D eigenvalue weighted by atomic mass is 32.1. The van der Waals surface area contributed by atoms with Crippen LogP contribution in [0.4, 0.5) is 0 Å². The van der Waals surface area contributed by atoms with Crippen LogP contribution >= 0.6 is 11.3 Å². The van der Waals surface area contributed by atoms with Gasteiger partial charge in [0, 0.05) is 35.8 Å². The zero-order valence-corrected chi connectivity index (χ0v) is 14.6. The highest BCUT2D eigenvalue weighted by Crippen LogP contribution is 2.33. The van der Waals surface area contributed by atoms with Gasteiger partial charge in [0.25, 0.3) is 5.91 Å². The molecular formula is C18H23N3O2S. The molecule has 0 unspecified atom stereocenters. The molecule has 128 valence electrons. The van der Waals surface area contributed by atoms with Gasteiger partial charge in [-0.05, 0) is 49.8 Å². The molecule has 1 fully saturated rings. The summed E-state index contributed by atoms with van der Waals surface area (Å²) in [4.78, 5) is 17.1. The molecule has 5 nitrogen and oxygen atoms in total. The number of fused-ring (bicyclic) bond motifs is 1. The van der Waals surface area contributed by atoms with Crippen molar-refractivity contribution < 1.29 is 9.90 Å². The first-order chi connectivity index (χ1) is 11.8. The zero-order chi connectivity index (χ0) is 16.5. The third-order valence-electron chi connectivity index (χ3n) is 5.22. The Morgan fingerprint density at radius 3 is 2.92 bits per heavy atom. The monoisotopic (exact) mass is 345 g/mol. The van der Waals surface area contributed by atoms with Crippen molar-refractivity contribution in [1.29, 1.82) is 0 Å². The summed E-state index contributed by atoms with van der Waals surface area (Å²) in [7, 11) is 0. The maximum absolute atomic E-state index is 12.8. The van der Waals surface area contributed by atoms with Crippen molar-refractivity contribution in [3.05, 3.63) is 39.3 Å². The average molecular weight is 345 g/mol. The van der Waals surface area contributed by atoms with Crippen LogP contribution in [0.15, 0.2) is 18.3 Å². The van der Waals surface area contributed by atoms with E-state index in [1.165, 1.54) is 22.6 Å². The number of rotatable bonds is 4. The summed E-state index contributed by atoms with van der Waals surface area (Å²) in [6.07, 6.45) is 7.25. The first kappa shape index (κ1) is 15.8. The maximum Gasteiger partial charge on any atom is 0.263 e. The molecule has 0 aromatic carbocycles. The quantitative estimate of drug-likeness (QED) is 0.926. The fourth-order valence-corrected chi connectivity index (χ4v) is 5.16. The van der Waals surface area contributed by atoms with Gasteiger partial charge in [0.2, 0.25) is 0 Å². The van der Waals surface area contributed by atoms with Crippen molar-refractivity contribution in [3.63, 3.8) is 0 Å². The van der Waals surface area contributed by atoms with Crippen molar-refractivity contribution in [2.45, 2.75) is 44.6 Å². The van der Waals surface area contributed by atoms with Crippen molar-refractivity contribution in [1.82, 2.24) is 14.7 Å². The molecule has 6 heteroatoms. The molecule has 0 radical (unpaired) electrons. The molecule has 0 bridgehead atoms. The maximum atomic E-state index is 12.8. The molecule has 1 aliphatic carbocycles. The van der Waals surface area contributed by atoms with Crippen LogP contribution in [0.3, 0.4) is 0 Å². The van der Waals surface area contributed by atoms with E-state index >= 15 is 0 Å². The van der Waals surface area contributed by atoms with Gasteiger partial charge in [-0.2, -0.15) is 5.10 Å². The summed E-state index contributed by atoms with van der Waals surface area (Å²) < 4.78 is 1.89. The lowest BCUT2D eigenvalue weighted by Gasteiger charge is -2.32. The van der Waals surface area contributed by atoms with Crippen LogP contribution in [0.25, 0.3) is 0 Å². The molecule has 1 N–H and O–H groups in total. The molecule has 0 atom stereocenters. The highest BCUT2D eigenvalue weighted by molar-refractivity contribution is 7.14. The van der Waals surface area contributed by atoms with Crippen molar-refractivity contribution >= 4 is 17.2 Å². The molecule has 4 rings (SSSR count). The fourth-order valence-electron chi connectivity index (χ4n) is 3.94. The number of carbonyl (C=O) groups excluding carboxylic acids is 1.